The van der Waals surface area contributed by atoms with Crippen molar-refractivity contribution in [3.8, 4) is 0 Å². The molecule has 1 rings (SSSR count). The molecule has 18 heavy (non-hydrogen) atoms. The van der Waals surface area contributed by atoms with Gasteiger partial charge >= 0.3 is 0 Å². The van der Waals surface area contributed by atoms with Crippen LogP contribution in [0, 0.1) is 0 Å². The van der Waals surface area contributed by atoms with Gasteiger partial charge in [0.25, 0.3) is 0 Å². The minimum Gasteiger partial charge on any atom is -0.228 e. The Balaban J connectivity index is 2.32. The van der Waals surface area contributed by atoms with Gasteiger partial charge in [0.1, 0.15) is 5.25 Å². The maximum absolute atomic E-state index is 12.2. The Morgan fingerprint density at radius 1 is 1.22 bits per heavy atom. The molecule has 1 heterocycles. The van der Waals surface area contributed by atoms with Crippen molar-refractivity contribution in [1.82, 2.24) is 0 Å². The van der Waals surface area contributed by atoms with E-state index in [1.165, 1.54) is 25.7 Å². The molecule has 0 N–H and O–H groups in total. The van der Waals surface area contributed by atoms with Gasteiger partial charge in [-0.3, -0.25) is 0 Å². The Morgan fingerprint density at radius 3 is 2.39 bits per heavy atom. The monoisotopic (exact) mass is 514 g/mol. The zero-order valence-electron chi connectivity index (χ0n) is 10.6. The Labute approximate surface area is 142 Å². The van der Waals surface area contributed by atoms with Crippen LogP contribution in [0.3, 0.4) is 0 Å². The first-order chi connectivity index (χ1) is 8.47. The van der Waals surface area contributed by atoms with Gasteiger partial charge in [-0.1, -0.05) is 61.6 Å². The largest absolute Gasteiger partial charge is 0.228 e. The molecule has 0 radical (unpaired) electrons. The third kappa shape index (κ3) is 5.87. The van der Waals surface area contributed by atoms with Gasteiger partial charge in [-0.15, -0.1) is 11.8 Å². The number of unbranched alkanes of at least 4 members (excludes halogenated alkanes) is 5. The van der Waals surface area contributed by atoms with Gasteiger partial charge in [0.2, 0.25) is 0 Å². The Bertz CT molecular complexity index is 380. The molecule has 0 bridgehead atoms. The highest BCUT2D eigenvalue weighted by molar-refractivity contribution is 14.1. The first-order valence-corrected chi connectivity index (χ1v) is 11.3. The quantitative estimate of drug-likeness (QED) is 0.262. The van der Waals surface area contributed by atoms with Crippen LogP contribution in [0.5, 0.6) is 0 Å². The van der Waals surface area contributed by atoms with Crippen molar-refractivity contribution in [3.63, 3.8) is 0 Å². The Kier molecular flexibility index (Phi) is 8.50. The van der Waals surface area contributed by atoms with Gasteiger partial charge < -0.3 is 0 Å². The molecular formula is C12H20I2O2S2. The van der Waals surface area contributed by atoms with E-state index in [4.69, 9.17) is 0 Å². The molecule has 1 aliphatic heterocycles. The minimum absolute atomic E-state index is 0.152. The van der Waals surface area contributed by atoms with Gasteiger partial charge in [0, 0.05) is 2.91 Å². The summed E-state index contributed by atoms with van der Waals surface area (Å²) >= 11 is 6.12. The zero-order valence-corrected chi connectivity index (χ0v) is 16.5. The fourth-order valence-electron chi connectivity index (χ4n) is 1.91. The molecule has 0 aliphatic carbocycles. The van der Waals surface area contributed by atoms with Crippen molar-refractivity contribution in [2.45, 2.75) is 54.0 Å². The molecule has 0 aromatic heterocycles. The van der Waals surface area contributed by atoms with E-state index in [1.807, 2.05) is 6.08 Å². The average Bonchev–Trinajstić information content (AvgIpc) is 2.63. The molecule has 2 unspecified atom stereocenters. The molecule has 0 amide bonds. The lowest BCUT2D eigenvalue weighted by Gasteiger charge is -2.13. The van der Waals surface area contributed by atoms with Crippen molar-refractivity contribution in [2.24, 2.45) is 0 Å². The highest BCUT2D eigenvalue weighted by Gasteiger charge is 2.35. The summed E-state index contributed by atoms with van der Waals surface area (Å²) in [6.45, 7) is 2.19. The van der Waals surface area contributed by atoms with E-state index in [1.54, 1.807) is 11.8 Å². The summed E-state index contributed by atoms with van der Waals surface area (Å²) in [6.07, 6.45) is 8.69. The second-order valence-corrected chi connectivity index (χ2v) is 12.1. The van der Waals surface area contributed by atoms with E-state index in [0.29, 0.717) is 5.75 Å². The predicted molar refractivity (Wildman–Crippen MR) is 98.5 cm³/mol. The molecule has 0 fully saturated rings. The standard InChI is InChI=1S/C12H20I2O2S2/c1-2-3-4-5-6-7-8-18(15,16)10-9-11(13)17-12(10)14/h9-10,12H,2-8H2,1H3. The topological polar surface area (TPSA) is 34.1 Å². The van der Waals surface area contributed by atoms with Gasteiger partial charge in [-0.25, -0.2) is 8.42 Å². The lowest BCUT2D eigenvalue weighted by atomic mass is 10.1. The van der Waals surface area contributed by atoms with Crippen LogP contribution >= 0.6 is 56.9 Å². The van der Waals surface area contributed by atoms with E-state index in [9.17, 15) is 8.42 Å². The summed E-state index contributed by atoms with van der Waals surface area (Å²) in [5.41, 5.74) is 0. The number of thioether (sulfide) groups is 1. The van der Waals surface area contributed by atoms with E-state index in [-0.39, 0.29) is 8.51 Å². The first kappa shape index (κ1) is 17.6. The molecule has 0 saturated carbocycles. The molecule has 6 heteroatoms. The van der Waals surface area contributed by atoms with Crippen LogP contribution in [0.2, 0.25) is 0 Å². The number of alkyl halides is 1. The van der Waals surface area contributed by atoms with E-state index >= 15 is 0 Å². The summed E-state index contributed by atoms with van der Waals surface area (Å²) < 4.78 is 25.7. The van der Waals surface area contributed by atoms with Gasteiger partial charge in [0.15, 0.2) is 9.84 Å². The maximum Gasteiger partial charge on any atom is 0.158 e. The van der Waals surface area contributed by atoms with Crippen molar-refractivity contribution in [3.05, 3.63) is 8.99 Å². The summed E-state index contributed by atoms with van der Waals surface area (Å²) in [6, 6.07) is 0. The third-order valence-electron chi connectivity index (χ3n) is 2.98. The lowest BCUT2D eigenvalue weighted by Crippen LogP contribution is -2.26. The summed E-state index contributed by atoms with van der Waals surface area (Å²) in [4.78, 5) is 0. The normalized spacial score (nSPS) is 24.3. The van der Waals surface area contributed by atoms with Crippen LogP contribution in [-0.2, 0) is 9.84 Å². The fraction of sp³-hybridized carbons (Fsp3) is 0.833. The Morgan fingerprint density at radius 2 is 1.83 bits per heavy atom. The van der Waals surface area contributed by atoms with Crippen LogP contribution in [0.4, 0.5) is 0 Å². The van der Waals surface area contributed by atoms with E-state index < -0.39 is 9.84 Å². The van der Waals surface area contributed by atoms with E-state index in [0.717, 1.165) is 15.8 Å². The molecule has 0 aromatic carbocycles. The predicted octanol–water partition coefficient (Wildman–Crippen LogP) is 4.91. The van der Waals surface area contributed by atoms with Crippen molar-refractivity contribution in [2.75, 3.05) is 5.75 Å². The van der Waals surface area contributed by atoms with Crippen molar-refractivity contribution < 1.29 is 8.42 Å². The number of sulfone groups is 1. The van der Waals surface area contributed by atoms with E-state index in [2.05, 4.69) is 52.1 Å². The van der Waals surface area contributed by atoms with Crippen LogP contribution in [0.15, 0.2) is 8.99 Å². The first-order valence-electron chi connectivity index (χ1n) is 6.37. The minimum atomic E-state index is -2.94. The fourth-order valence-corrected chi connectivity index (χ4v) is 10.2. The molecule has 106 valence electrons. The van der Waals surface area contributed by atoms with Gasteiger partial charge in [-0.05, 0) is 35.1 Å². The molecule has 2 nitrogen and oxygen atoms in total. The highest BCUT2D eigenvalue weighted by atomic mass is 127. The molecular weight excluding hydrogens is 494 g/mol. The molecule has 0 saturated heterocycles. The Hall–Kier alpha value is 1.50. The maximum atomic E-state index is 12.2. The molecule has 2 atom stereocenters. The number of hydrogen-bond acceptors (Lipinski definition) is 3. The summed E-state index contributed by atoms with van der Waals surface area (Å²) in [7, 11) is -2.94. The van der Waals surface area contributed by atoms with Crippen LogP contribution < -0.4 is 0 Å². The molecule has 0 spiro atoms. The number of halogens is 2. The van der Waals surface area contributed by atoms with Crippen LogP contribution in [0.1, 0.15) is 45.4 Å². The van der Waals surface area contributed by atoms with Gasteiger partial charge in [0.05, 0.1) is 9.01 Å². The smallest absolute Gasteiger partial charge is 0.158 e. The summed E-state index contributed by atoms with van der Waals surface area (Å²) in [5.74, 6) is 0.351. The lowest BCUT2D eigenvalue weighted by molar-refractivity contribution is 0.579. The highest BCUT2D eigenvalue weighted by Crippen LogP contribution is 2.43. The molecule has 0 aromatic rings. The second kappa shape index (κ2) is 8.71. The van der Waals surface area contributed by atoms with Gasteiger partial charge in [-0.2, -0.15) is 0 Å². The SMILES string of the molecule is CCCCCCCCS(=O)(=O)C1C=C(I)SC1I. The van der Waals surface area contributed by atoms with Crippen molar-refractivity contribution in [1.29, 1.82) is 0 Å². The average molecular weight is 514 g/mol. The third-order valence-corrected chi connectivity index (χ3v) is 9.27. The number of rotatable bonds is 8. The van der Waals surface area contributed by atoms with Crippen molar-refractivity contribution >= 4 is 66.8 Å². The van der Waals surface area contributed by atoms with Crippen LogP contribution in [0.25, 0.3) is 0 Å². The summed E-state index contributed by atoms with van der Waals surface area (Å²) in [5, 5.41) is -0.273. The number of hydrogen-bond donors (Lipinski definition) is 0. The van der Waals surface area contributed by atoms with Crippen LogP contribution in [-0.4, -0.2) is 22.7 Å². The second-order valence-electron chi connectivity index (χ2n) is 4.54. The molecule has 1 aliphatic rings. The zero-order chi connectivity index (χ0) is 13.6.